The Bertz CT molecular complexity index is 480. The molecule has 1 aromatic heterocycles. The van der Waals surface area contributed by atoms with Gasteiger partial charge in [0.15, 0.2) is 9.92 Å². The van der Waals surface area contributed by atoms with E-state index in [1.54, 1.807) is 20.8 Å². The van der Waals surface area contributed by atoms with E-state index in [2.05, 4.69) is 14.6 Å². The normalized spacial score (nSPS) is 15.2. The molecular formula is C8H14N4O3S. The van der Waals surface area contributed by atoms with Gasteiger partial charge in [-0.25, -0.2) is 14.1 Å². The van der Waals surface area contributed by atoms with Crippen molar-refractivity contribution < 1.29 is 13.7 Å². The second-order valence-electron chi connectivity index (χ2n) is 4.06. The van der Waals surface area contributed by atoms with E-state index in [1.165, 1.54) is 12.3 Å². The lowest BCUT2D eigenvalue weighted by atomic mass is 10.2. The molecule has 1 unspecified atom stereocenters. The minimum Gasteiger partial charge on any atom is -0.442 e. The number of nitrogens with one attached hydrogen (secondary N) is 1. The smallest absolute Gasteiger partial charge is 0.442 e. The molecule has 1 aromatic rings. The van der Waals surface area contributed by atoms with Crippen LogP contribution in [-0.4, -0.2) is 26.1 Å². The van der Waals surface area contributed by atoms with Crippen LogP contribution < -0.4 is 5.14 Å². The van der Waals surface area contributed by atoms with E-state index in [1.807, 2.05) is 0 Å². The summed E-state index contributed by atoms with van der Waals surface area (Å²) >= 11 is 0. The molecule has 7 nitrogen and oxygen atoms in total. The molecule has 1 rings (SSSR count). The third-order valence-corrected chi connectivity index (χ3v) is 2.67. The van der Waals surface area contributed by atoms with Crippen molar-refractivity contribution in [1.82, 2.24) is 10.2 Å². The molecule has 0 aliphatic carbocycles. The van der Waals surface area contributed by atoms with Crippen LogP contribution >= 0.6 is 0 Å². The highest BCUT2D eigenvalue weighted by atomic mass is 32.2. The maximum atomic E-state index is 11.8. The highest BCUT2D eigenvalue weighted by Crippen LogP contribution is 2.10. The zero-order valence-corrected chi connectivity index (χ0v) is 10.1. The Morgan fingerprint density at radius 1 is 1.62 bits per heavy atom. The van der Waals surface area contributed by atoms with Gasteiger partial charge in [0.2, 0.25) is 0 Å². The minimum absolute atomic E-state index is 0.0818. The van der Waals surface area contributed by atoms with Gasteiger partial charge in [0.1, 0.15) is 10.6 Å². The minimum atomic E-state index is -3.31. The van der Waals surface area contributed by atoms with E-state index < -0.39 is 21.6 Å². The fraction of sp³-hybridized carbons (Fsp3) is 0.500. The van der Waals surface area contributed by atoms with Gasteiger partial charge < -0.3 is 4.74 Å². The number of hydrogen-bond acceptors (Lipinski definition) is 4. The molecule has 90 valence electrons. The number of carbonyl (C=O) groups excluding carboxylic acids is 1. The number of carbonyl (C=O) groups is 1. The zero-order chi connectivity index (χ0) is 12.4. The molecule has 0 bridgehead atoms. The number of hydrogen-bond donors (Lipinski definition) is 2. The van der Waals surface area contributed by atoms with Crippen LogP contribution in [0.1, 0.15) is 20.8 Å². The molecule has 0 saturated carbocycles. The predicted octanol–water partition coefficient (Wildman–Crippen LogP) is 1.05. The van der Waals surface area contributed by atoms with E-state index >= 15 is 0 Å². The summed E-state index contributed by atoms with van der Waals surface area (Å²) in [6.45, 7) is 5.03. The Balaban J connectivity index is 2.93. The summed E-state index contributed by atoms with van der Waals surface area (Å²) in [6.07, 6.45) is 0.404. The quantitative estimate of drug-likeness (QED) is 0.771. The number of H-pyrrole nitrogens is 1. The van der Waals surface area contributed by atoms with Gasteiger partial charge in [0, 0.05) is 0 Å². The first-order valence-corrected chi connectivity index (χ1v) is 6.06. The first kappa shape index (κ1) is 12.7. The van der Waals surface area contributed by atoms with E-state index in [-0.39, 0.29) is 5.03 Å². The highest BCUT2D eigenvalue weighted by Gasteiger charge is 2.18. The van der Waals surface area contributed by atoms with Crippen molar-refractivity contribution in [2.45, 2.75) is 31.4 Å². The molecule has 3 N–H and O–H groups in total. The molecule has 0 saturated heterocycles. The van der Waals surface area contributed by atoms with Crippen molar-refractivity contribution in [1.29, 1.82) is 0 Å². The summed E-state index contributed by atoms with van der Waals surface area (Å²) < 4.78 is 20.0. The summed E-state index contributed by atoms with van der Waals surface area (Å²) in [7, 11) is -3.31. The topological polar surface area (TPSA) is 110 Å². The average molecular weight is 246 g/mol. The number of amides is 1. The van der Waals surface area contributed by atoms with Gasteiger partial charge in [-0.2, -0.15) is 5.10 Å². The molecule has 0 radical (unpaired) electrons. The molecule has 0 aromatic carbocycles. The lowest BCUT2D eigenvalue weighted by Crippen LogP contribution is -2.24. The number of rotatable bonds is 1. The van der Waals surface area contributed by atoms with E-state index in [9.17, 15) is 9.00 Å². The van der Waals surface area contributed by atoms with Gasteiger partial charge in [-0.1, -0.05) is 0 Å². The van der Waals surface area contributed by atoms with Gasteiger partial charge in [-0.3, -0.25) is 5.10 Å². The Hall–Kier alpha value is -1.41. The van der Waals surface area contributed by atoms with Crippen molar-refractivity contribution in [2.24, 2.45) is 9.50 Å². The lowest BCUT2D eigenvalue weighted by Gasteiger charge is -2.17. The second-order valence-corrected chi connectivity index (χ2v) is 5.82. The largest absolute Gasteiger partial charge is 0.443 e. The lowest BCUT2D eigenvalue weighted by molar-refractivity contribution is 0.0607. The molecule has 8 heteroatoms. The average Bonchev–Trinajstić information content (AvgIpc) is 2.49. The maximum absolute atomic E-state index is 11.8. The Labute approximate surface area is 93.7 Å². The van der Waals surface area contributed by atoms with Gasteiger partial charge >= 0.3 is 6.09 Å². The molecular weight excluding hydrogens is 232 g/mol. The SMILES string of the molecule is CC(C)(C)OC(=O)N=S(N)(=O)c1ccn[nH]1. The first-order chi connectivity index (χ1) is 7.21. The molecule has 1 amide bonds. The number of aromatic nitrogens is 2. The third-order valence-electron chi connectivity index (χ3n) is 1.39. The van der Waals surface area contributed by atoms with E-state index in [0.29, 0.717) is 0 Å². The first-order valence-electron chi connectivity index (χ1n) is 4.48. The van der Waals surface area contributed by atoms with Crippen molar-refractivity contribution >= 4 is 16.0 Å². The van der Waals surface area contributed by atoms with Crippen molar-refractivity contribution in [3.8, 4) is 0 Å². The standard InChI is InChI=1S/C8H14N4O3S/c1-8(2,3)15-7(13)12-16(9,14)6-4-5-10-11-6/h4-5H,1-3H3,(H,10,11)(H2,9,12,13,14). The summed E-state index contributed by atoms with van der Waals surface area (Å²) in [5.41, 5.74) is -0.704. The second kappa shape index (κ2) is 4.22. The van der Waals surface area contributed by atoms with Crippen LogP contribution in [0.4, 0.5) is 4.79 Å². The Kier molecular flexibility index (Phi) is 3.34. The third kappa shape index (κ3) is 3.63. The Morgan fingerprint density at radius 3 is 2.69 bits per heavy atom. The summed E-state index contributed by atoms with van der Waals surface area (Å²) in [6, 6.07) is 1.39. The zero-order valence-electron chi connectivity index (χ0n) is 9.26. The molecule has 0 aliphatic rings. The van der Waals surface area contributed by atoms with Crippen molar-refractivity contribution in [3.05, 3.63) is 12.3 Å². The van der Waals surface area contributed by atoms with Crippen LogP contribution in [0.25, 0.3) is 0 Å². The van der Waals surface area contributed by atoms with Crippen molar-refractivity contribution in [2.75, 3.05) is 0 Å². The number of nitrogens with zero attached hydrogens (tertiary/aromatic N) is 2. The number of nitrogens with two attached hydrogens (primary N) is 1. The highest BCUT2D eigenvalue weighted by molar-refractivity contribution is 7.91. The van der Waals surface area contributed by atoms with Crippen molar-refractivity contribution in [3.63, 3.8) is 0 Å². The Morgan fingerprint density at radius 2 is 2.25 bits per heavy atom. The van der Waals surface area contributed by atoms with Gasteiger partial charge in [0.05, 0.1) is 6.20 Å². The van der Waals surface area contributed by atoms with Gasteiger partial charge in [-0.15, -0.1) is 4.36 Å². The van der Waals surface area contributed by atoms with Gasteiger partial charge in [0.25, 0.3) is 0 Å². The van der Waals surface area contributed by atoms with E-state index in [4.69, 9.17) is 9.88 Å². The summed E-state index contributed by atoms with van der Waals surface area (Å²) in [5.74, 6) is 0. The summed E-state index contributed by atoms with van der Waals surface area (Å²) in [5, 5.41) is 11.4. The van der Waals surface area contributed by atoms with Crippen LogP contribution in [0.2, 0.25) is 0 Å². The fourth-order valence-corrected chi connectivity index (χ4v) is 1.64. The molecule has 0 aliphatic heterocycles. The molecule has 0 fully saturated rings. The van der Waals surface area contributed by atoms with Gasteiger partial charge in [-0.05, 0) is 26.8 Å². The van der Waals surface area contributed by atoms with Crippen LogP contribution in [-0.2, 0) is 14.7 Å². The predicted molar refractivity (Wildman–Crippen MR) is 57.8 cm³/mol. The maximum Gasteiger partial charge on any atom is 0.443 e. The molecule has 0 spiro atoms. The van der Waals surface area contributed by atoms with Crippen LogP contribution in [0.5, 0.6) is 0 Å². The summed E-state index contributed by atoms with van der Waals surface area (Å²) in [4.78, 5) is 11.3. The molecule has 1 heterocycles. The van der Waals surface area contributed by atoms with Crippen LogP contribution in [0.3, 0.4) is 0 Å². The number of aromatic amines is 1. The van der Waals surface area contributed by atoms with Crippen LogP contribution in [0.15, 0.2) is 21.7 Å². The van der Waals surface area contributed by atoms with Crippen LogP contribution in [0, 0.1) is 0 Å². The number of ether oxygens (including phenoxy) is 1. The molecule has 16 heavy (non-hydrogen) atoms. The molecule has 1 atom stereocenters. The monoisotopic (exact) mass is 246 g/mol. The van der Waals surface area contributed by atoms with E-state index in [0.717, 1.165) is 0 Å². The fourth-order valence-electron chi connectivity index (χ4n) is 0.846.